The van der Waals surface area contributed by atoms with E-state index in [1.807, 2.05) is 0 Å². The van der Waals surface area contributed by atoms with Crippen LogP contribution in [0.2, 0.25) is 0 Å². The van der Waals surface area contributed by atoms with Crippen LogP contribution in [0.25, 0.3) is 0 Å². The Bertz CT molecular complexity index is 979. The van der Waals surface area contributed by atoms with Gasteiger partial charge >= 0.3 is 12.1 Å². The number of hydrogen-bond acceptors (Lipinski definition) is 4. The van der Waals surface area contributed by atoms with Crippen molar-refractivity contribution >= 4 is 21.9 Å². The Morgan fingerprint density at radius 1 is 1.31 bits per heavy atom. The van der Waals surface area contributed by atoms with Crippen molar-refractivity contribution in [3.63, 3.8) is 0 Å². The normalized spacial score (nSPS) is 22.1. The van der Waals surface area contributed by atoms with Gasteiger partial charge in [0.05, 0.1) is 18.1 Å². The topological polar surface area (TPSA) is 48.4 Å². The van der Waals surface area contributed by atoms with Gasteiger partial charge in [-0.15, -0.1) is 0 Å². The molecule has 2 aliphatic carbocycles. The van der Waals surface area contributed by atoms with E-state index in [4.69, 9.17) is 9.47 Å². The number of carbonyl (C=O) groups excluding carboxylic acids is 1. The van der Waals surface area contributed by atoms with Crippen molar-refractivity contribution in [2.45, 2.75) is 32.0 Å². The summed E-state index contributed by atoms with van der Waals surface area (Å²) in [5.41, 5.74) is 0.908. The summed E-state index contributed by atoms with van der Waals surface area (Å²) in [4.78, 5) is 16.1. The molecule has 154 valence electrons. The Labute approximate surface area is 172 Å². The van der Waals surface area contributed by atoms with Gasteiger partial charge in [0.2, 0.25) is 5.88 Å². The van der Waals surface area contributed by atoms with E-state index in [2.05, 4.69) is 20.9 Å². The summed E-state index contributed by atoms with van der Waals surface area (Å²) in [6, 6.07) is 3.24. The summed E-state index contributed by atoms with van der Waals surface area (Å²) in [6.07, 6.45) is -2.29. The van der Waals surface area contributed by atoms with E-state index in [0.717, 1.165) is 17.2 Å². The predicted molar refractivity (Wildman–Crippen MR) is 97.7 cm³/mol. The average molecular weight is 474 g/mol. The van der Waals surface area contributed by atoms with Gasteiger partial charge < -0.3 is 9.47 Å². The number of alkyl halides is 3. The van der Waals surface area contributed by atoms with Crippen molar-refractivity contribution in [1.29, 1.82) is 0 Å². The zero-order valence-corrected chi connectivity index (χ0v) is 16.8. The lowest BCUT2D eigenvalue weighted by atomic mass is 10.0. The third kappa shape index (κ3) is 3.72. The van der Waals surface area contributed by atoms with Crippen LogP contribution in [0.15, 0.2) is 28.9 Å². The molecule has 3 unspecified atom stereocenters. The first kappa shape index (κ1) is 20.1. The fourth-order valence-corrected chi connectivity index (χ4v) is 4.59. The number of benzene rings is 1. The minimum Gasteiger partial charge on any atom is -0.473 e. The highest BCUT2D eigenvalue weighted by atomic mass is 79.9. The Kier molecular flexibility index (Phi) is 5.04. The Morgan fingerprint density at radius 3 is 2.76 bits per heavy atom. The summed E-state index contributed by atoms with van der Waals surface area (Å²) in [7, 11) is 0. The Balaban J connectivity index is 1.44. The molecule has 2 aliphatic rings. The summed E-state index contributed by atoms with van der Waals surface area (Å²) in [5, 5.41) is 0. The standard InChI is InChI=1S/C20H16BrF4NO3/c1-2-28-19(27)18-11-3-9-5-16(26-7-12(9)17(11)18)29-8-10-4-14(21)13(6-15(10)22)20(23,24)25/h4-7,11,17-18H,2-3,8H2,1H3. The van der Waals surface area contributed by atoms with Gasteiger partial charge in [0.15, 0.2) is 0 Å². The first-order valence-corrected chi connectivity index (χ1v) is 9.83. The predicted octanol–water partition coefficient (Wildman–Crippen LogP) is 5.03. The summed E-state index contributed by atoms with van der Waals surface area (Å²) < 4.78 is 62.9. The van der Waals surface area contributed by atoms with E-state index in [9.17, 15) is 22.4 Å². The molecule has 4 rings (SSSR count). The molecular formula is C20H16BrF4NO3. The number of pyridine rings is 1. The minimum absolute atomic E-state index is 0.0163. The lowest BCUT2D eigenvalue weighted by Crippen LogP contribution is -2.11. The highest BCUT2D eigenvalue weighted by Crippen LogP contribution is 2.61. The molecule has 0 saturated heterocycles. The van der Waals surface area contributed by atoms with Gasteiger partial charge in [0.1, 0.15) is 12.4 Å². The summed E-state index contributed by atoms with van der Waals surface area (Å²) in [5.74, 6) is -0.710. The number of hydrogen-bond donors (Lipinski definition) is 0. The zero-order valence-electron chi connectivity index (χ0n) is 15.2. The SMILES string of the molecule is CCOC(=O)C1C2Cc3cc(OCc4cc(Br)c(C(F)(F)F)cc4F)ncc3C21. The average Bonchev–Trinajstić information content (AvgIpc) is 3.23. The van der Waals surface area contributed by atoms with Gasteiger partial charge in [-0.05, 0) is 42.5 Å². The number of rotatable bonds is 5. The second-order valence-corrected chi connectivity index (χ2v) is 7.96. The van der Waals surface area contributed by atoms with Gasteiger partial charge in [-0.1, -0.05) is 15.9 Å². The number of esters is 1. The molecule has 1 heterocycles. The van der Waals surface area contributed by atoms with Gasteiger partial charge in [-0.3, -0.25) is 4.79 Å². The molecule has 1 aromatic heterocycles. The van der Waals surface area contributed by atoms with Crippen LogP contribution in [-0.4, -0.2) is 17.6 Å². The molecule has 3 atom stereocenters. The Morgan fingerprint density at radius 2 is 2.07 bits per heavy atom. The van der Waals surface area contributed by atoms with Crippen molar-refractivity contribution in [3.05, 3.63) is 56.9 Å². The molecule has 0 radical (unpaired) electrons. The monoisotopic (exact) mass is 473 g/mol. The Hall–Kier alpha value is -2.16. The number of nitrogens with zero attached hydrogens (tertiary/aromatic N) is 1. The molecule has 1 fully saturated rings. The van der Waals surface area contributed by atoms with Crippen LogP contribution < -0.4 is 4.74 Å². The van der Waals surface area contributed by atoms with E-state index in [1.165, 1.54) is 0 Å². The summed E-state index contributed by atoms with van der Waals surface area (Å²) >= 11 is 2.83. The van der Waals surface area contributed by atoms with Crippen LogP contribution in [-0.2, 0) is 28.7 Å². The van der Waals surface area contributed by atoms with Crippen LogP contribution >= 0.6 is 15.9 Å². The van der Waals surface area contributed by atoms with Crippen molar-refractivity contribution in [2.75, 3.05) is 6.61 Å². The quantitative estimate of drug-likeness (QED) is 0.451. The van der Waals surface area contributed by atoms with Gasteiger partial charge in [-0.25, -0.2) is 9.37 Å². The van der Waals surface area contributed by atoms with Crippen LogP contribution in [0, 0.1) is 17.7 Å². The van der Waals surface area contributed by atoms with Crippen molar-refractivity contribution in [1.82, 2.24) is 4.98 Å². The lowest BCUT2D eigenvalue weighted by molar-refractivity contribution is -0.145. The third-order valence-electron chi connectivity index (χ3n) is 5.36. The number of ether oxygens (including phenoxy) is 2. The van der Waals surface area contributed by atoms with Crippen LogP contribution in [0.1, 0.15) is 35.1 Å². The maximum Gasteiger partial charge on any atom is 0.417 e. The lowest BCUT2D eigenvalue weighted by Gasteiger charge is -2.13. The molecular weight excluding hydrogens is 458 g/mol. The zero-order chi connectivity index (χ0) is 20.9. The molecule has 29 heavy (non-hydrogen) atoms. The van der Waals surface area contributed by atoms with E-state index < -0.39 is 17.6 Å². The highest BCUT2D eigenvalue weighted by Gasteiger charge is 2.60. The largest absolute Gasteiger partial charge is 0.473 e. The van der Waals surface area contributed by atoms with E-state index in [1.54, 1.807) is 19.2 Å². The van der Waals surface area contributed by atoms with Crippen molar-refractivity contribution in [3.8, 4) is 5.88 Å². The molecule has 2 aromatic rings. The number of halogens is 5. The maximum absolute atomic E-state index is 14.1. The molecule has 1 aromatic carbocycles. The molecule has 9 heteroatoms. The second kappa shape index (κ2) is 7.27. The van der Waals surface area contributed by atoms with E-state index in [-0.39, 0.29) is 46.2 Å². The molecule has 0 bridgehead atoms. The van der Waals surface area contributed by atoms with E-state index in [0.29, 0.717) is 19.1 Å². The van der Waals surface area contributed by atoms with Crippen LogP contribution in [0.3, 0.4) is 0 Å². The fraction of sp³-hybridized carbons (Fsp3) is 0.400. The smallest absolute Gasteiger partial charge is 0.417 e. The molecule has 1 saturated carbocycles. The molecule has 0 amide bonds. The number of carbonyl (C=O) groups is 1. The fourth-order valence-electron chi connectivity index (χ4n) is 3.97. The van der Waals surface area contributed by atoms with Crippen LogP contribution in [0.4, 0.5) is 17.6 Å². The molecule has 4 nitrogen and oxygen atoms in total. The van der Waals surface area contributed by atoms with Gasteiger partial charge in [0.25, 0.3) is 0 Å². The molecule has 0 spiro atoms. The van der Waals surface area contributed by atoms with Gasteiger partial charge in [-0.2, -0.15) is 13.2 Å². The van der Waals surface area contributed by atoms with Crippen molar-refractivity contribution < 1.29 is 31.8 Å². The number of aromatic nitrogens is 1. The highest BCUT2D eigenvalue weighted by molar-refractivity contribution is 9.10. The van der Waals surface area contributed by atoms with E-state index >= 15 is 0 Å². The molecule has 0 N–H and O–H groups in total. The third-order valence-corrected chi connectivity index (χ3v) is 6.01. The minimum atomic E-state index is -4.65. The van der Waals surface area contributed by atoms with Gasteiger partial charge in [0, 0.05) is 28.2 Å². The van der Waals surface area contributed by atoms with Crippen molar-refractivity contribution in [2.24, 2.45) is 11.8 Å². The molecule has 0 aliphatic heterocycles. The first-order valence-electron chi connectivity index (χ1n) is 9.04. The van der Waals surface area contributed by atoms with Crippen LogP contribution in [0.5, 0.6) is 5.88 Å². The summed E-state index contributed by atoms with van der Waals surface area (Å²) in [6.45, 7) is 1.86. The number of fused-ring (bicyclic) bond motifs is 3. The first-order chi connectivity index (χ1) is 13.7. The maximum atomic E-state index is 14.1. The second-order valence-electron chi connectivity index (χ2n) is 7.10.